The maximum absolute atomic E-state index is 11.4. The Balaban J connectivity index is 1.98. The van der Waals surface area contributed by atoms with Crippen LogP contribution in [0.1, 0.15) is 84.0 Å². The molecular formula is C20H39NO3. The number of carbonyl (C=O) groups is 1. The molecule has 0 saturated carbocycles. The highest BCUT2D eigenvalue weighted by Gasteiger charge is 2.19. The summed E-state index contributed by atoms with van der Waals surface area (Å²) in [5.74, 6) is -0.777. The maximum Gasteiger partial charge on any atom is 0.306 e. The lowest BCUT2D eigenvalue weighted by molar-refractivity contribution is -0.142. The molecule has 0 spiro atoms. The van der Waals surface area contributed by atoms with Crippen LogP contribution in [0.4, 0.5) is 0 Å². The summed E-state index contributed by atoms with van der Waals surface area (Å²) in [6.07, 6.45) is 14.7. The van der Waals surface area contributed by atoms with Crippen molar-refractivity contribution in [2.45, 2.75) is 84.0 Å². The molecule has 1 aliphatic rings. The van der Waals surface area contributed by atoms with E-state index in [0.717, 1.165) is 52.1 Å². The highest BCUT2D eigenvalue weighted by molar-refractivity contribution is 5.69. The minimum absolute atomic E-state index is 0.165. The Morgan fingerprint density at radius 1 is 0.917 bits per heavy atom. The maximum atomic E-state index is 11.4. The van der Waals surface area contributed by atoms with E-state index in [-0.39, 0.29) is 5.92 Å². The van der Waals surface area contributed by atoms with E-state index in [1.807, 2.05) is 0 Å². The van der Waals surface area contributed by atoms with E-state index < -0.39 is 5.97 Å². The monoisotopic (exact) mass is 341 g/mol. The van der Waals surface area contributed by atoms with Crippen molar-refractivity contribution in [3.63, 3.8) is 0 Å². The average molecular weight is 342 g/mol. The van der Waals surface area contributed by atoms with E-state index in [2.05, 4.69) is 11.8 Å². The van der Waals surface area contributed by atoms with Crippen molar-refractivity contribution < 1.29 is 14.6 Å². The summed E-state index contributed by atoms with van der Waals surface area (Å²) >= 11 is 0. The Bertz CT molecular complexity index is 303. The van der Waals surface area contributed by atoms with Gasteiger partial charge in [-0.05, 0) is 19.4 Å². The second-order valence-corrected chi connectivity index (χ2v) is 7.25. The van der Waals surface area contributed by atoms with Gasteiger partial charge in [0, 0.05) is 13.1 Å². The van der Waals surface area contributed by atoms with Crippen molar-refractivity contribution in [3.8, 4) is 0 Å². The zero-order valence-electron chi connectivity index (χ0n) is 15.8. The highest BCUT2D eigenvalue weighted by Crippen LogP contribution is 2.17. The molecule has 0 aromatic heterocycles. The SMILES string of the molecule is CCCCCCCCCCCCC(CCN1CCOCC1)C(=O)O. The number of unbranched alkanes of at least 4 members (excludes halogenated alkanes) is 9. The van der Waals surface area contributed by atoms with Crippen molar-refractivity contribution in [2.75, 3.05) is 32.8 Å². The van der Waals surface area contributed by atoms with Gasteiger partial charge in [-0.1, -0.05) is 71.1 Å². The molecule has 1 N–H and O–H groups in total. The number of carboxylic acid groups (broad SMARTS) is 1. The predicted molar refractivity (Wildman–Crippen MR) is 99.5 cm³/mol. The fourth-order valence-corrected chi connectivity index (χ4v) is 3.43. The Morgan fingerprint density at radius 3 is 2.00 bits per heavy atom. The van der Waals surface area contributed by atoms with Crippen LogP contribution < -0.4 is 0 Å². The van der Waals surface area contributed by atoms with Gasteiger partial charge in [0.25, 0.3) is 0 Å². The van der Waals surface area contributed by atoms with Crippen LogP contribution in [-0.2, 0) is 9.53 Å². The molecule has 0 aromatic rings. The number of rotatable bonds is 15. The van der Waals surface area contributed by atoms with Gasteiger partial charge < -0.3 is 9.84 Å². The van der Waals surface area contributed by atoms with Gasteiger partial charge in [0.15, 0.2) is 0 Å². The number of hydrogen-bond donors (Lipinski definition) is 1. The lowest BCUT2D eigenvalue weighted by Gasteiger charge is -2.27. The number of aliphatic carboxylic acids is 1. The first kappa shape index (κ1) is 21.4. The number of carboxylic acids is 1. The molecule has 142 valence electrons. The van der Waals surface area contributed by atoms with Crippen molar-refractivity contribution in [2.24, 2.45) is 5.92 Å². The molecule has 0 radical (unpaired) electrons. The van der Waals surface area contributed by atoms with Crippen LogP contribution in [-0.4, -0.2) is 48.8 Å². The van der Waals surface area contributed by atoms with Crippen molar-refractivity contribution in [3.05, 3.63) is 0 Å². The van der Waals surface area contributed by atoms with Gasteiger partial charge in [0.1, 0.15) is 0 Å². The number of hydrogen-bond acceptors (Lipinski definition) is 3. The molecule has 1 rings (SSSR count). The van der Waals surface area contributed by atoms with E-state index in [1.54, 1.807) is 0 Å². The van der Waals surface area contributed by atoms with Crippen LogP contribution >= 0.6 is 0 Å². The summed E-state index contributed by atoms with van der Waals surface area (Å²) in [6.45, 7) is 6.63. The van der Waals surface area contributed by atoms with Gasteiger partial charge in [0.05, 0.1) is 19.1 Å². The molecule has 24 heavy (non-hydrogen) atoms. The van der Waals surface area contributed by atoms with Crippen molar-refractivity contribution in [1.82, 2.24) is 4.90 Å². The second-order valence-electron chi connectivity index (χ2n) is 7.25. The molecule has 0 bridgehead atoms. The predicted octanol–water partition coefficient (Wildman–Crippen LogP) is 4.72. The summed E-state index contributed by atoms with van der Waals surface area (Å²) in [6, 6.07) is 0. The molecule has 4 heteroatoms. The van der Waals surface area contributed by atoms with Gasteiger partial charge >= 0.3 is 5.97 Å². The fraction of sp³-hybridized carbons (Fsp3) is 0.950. The Morgan fingerprint density at radius 2 is 1.46 bits per heavy atom. The molecule has 1 aliphatic heterocycles. The highest BCUT2D eigenvalue weighted by atomic mass is 16.5. The van der Waals surface area contributed by atoms with E-state index in [1.165, 1.54) is 57.8 Å². The normalized spacial score (nSPS) is 17.0. The molecule has 0 aliphatic carbocycles. The van der Waals surface area contributed by atoms with Crippen LogP contribution in [0.5, 0.6) is 0 Å². The summed E-state index contributed by atoms with van der Waals surface area (Å²) in [4.78, 5) is 13.8. The third kappa shape index (κ3) is 11.0. The molecule has 1 fully saturated rings. The van der Waals surface area contributed by atoms with Crippen LogP contribution in [0.2, 0.25) is 0 Å². The third-order valence-corrected chi connectivity index (χ3v) is 5.15. The Kier molecular flexibility index (Phi) is 13.1. The zero-order chi connectivity index (χ0) is 17.5. The van der Waals surface area contributed by atoms with Crippen LogP contribution in [0.3, 0.4) is 0 Å². The molecular weight excluding hydrogens is 302 g/mol. The first-order valence-electron chi connectivity index (χ1n) is 10.3. The zero-order valence-corrected chi connectivity index (χ0v) is 15.8. The number of morpholine rings is 1. The van der Waals surface area contributed by atoms with Crippen LogP contribution in [0.25, 0.3) is 0 Å². The van der Waals surface area contributed by atoms with E-state index in [9.17, 15) is 9.90 Å². The van der Waals surface area contributed by atoms with E-state index in [4.69, 9.17) is 4.74 Å². The van der Waals surface area contributed by atoms with Gasteiger partial charge in [0.2, 0.25) is 0 Å². The fourth-order valence-electron chi connectivity index (χ4n) is 3.43. The summed E-state index contributed by atoms with van der Waals surface area (Å²) in [5.41, 5.74) is 0. The largest absolute Gasteiger partial charge is 0.481 e. The van der Waals surface area contributed by atoms with Crippen molar-refractivity contribution in [1.29, 1.82) is 0 Å². The quantitative estimate of drug-likeness (QED) is 0.438. The molecule has 1 unspecified atom stereocenters. The van der Waals surface area contributed by atoms with Gasteiger partial charge in [-0.2, -0.15) is 0 Å². The minimum Gasteiger partial charge on any atom is -0.481 e. The molecule has 1 saturated heterocycles. The summed E-state index contributed by atoms with van der Waals surface area (Å²) in [7, 11) is 0. The lowest BCUT2D eigenvalue weighted by Crippen LogP contribution is -2.38. The Labute approximate surface area is 148 Å². The molecule has 0 aromatic carbocycles. The summed E-state index contributed by atoms with van der Waals surface area (Å²) < 4.78 is 5.33. The van der Waals surface area contributed by atoms with Gasteiger partial charge in [-0.3, -0.25) is 9.69 Å². The molecule has 1 heterocycles. The standard InChI is InChI=1S/C20H39NO3/c1-2-3-4-5-6-7-8-9-10-11-12-19(20(22)23)13-14-21-15-17-24-18-16-21/h19H,2-18H2,1H3,(H,22,23). The second kappa shape index (κ2) is 14.7. The number of ether oxygens (including phenoxy) is 1. The minimum atomic E-state index is -0.612. The van der Waals surface area contributed by atoms with Crippen molar-refractivity contribution >= 4 is 5.97 Å². The smallest absolute Gasteiger partial charge is 0.306 e. The third-order valence-electron chi connectivity index (χ3n) is 5.15. The number of nitrogens with zero attached hydrogens (tertiary/aromatic N) is 1. The van der Waals surface area contributed by atoms with Crippen LogP contribution in [0, 0.1) is 5.92 Å². The van der Waals surface area contributed by atoms with E-state index in [0.29, 0.717) is 0 Å². The first-order valence-corrected chi connectivity index (χ1v) is 10.3. The Hall–Kier alpha value is -0.610. The first-order chi connectivity index (χ1) is 11.7. The topological polar surface area (TPSA) is 49.8 Å². The lowest BCUT2D eigenvalue weighted by atomic mass is 9.96. The average Bonchev–Trinajstić information content (AvgIpc) is 2.59. The van der Waals surface area contributed by atoms with Gasteiger partial charge in [-0.15, -0.1) is 0 Å². The molecule has 0 amide bonds. The molecule has 1 atom stereocenters. The van der Waals surface area contributed by atoms with Crippen LogP contribution in [0.15, 0.2) is 0 Å². The van der Waals surface area contributed by atoms with E-state index >= 15 is 0 Å². The molecule has 4 nitrogen and oxygen atoms in total. The van der Waals surface area contributed by atoms with Gasteiger partial charge in [-0.25, -0.2) is 0 Å². The summed E-state index contributed by atoms with van der Waals surface area (Å²) in [5, 5.41) is 9.40.